The van der Waals surface area contributed by atoms with Crippen molar-refractivity contribution in [2.75, 3.05) is 26.9 Å². The maximum Gasteiger partial charge on any atom is 0.164 e. The molecule has 0 fully saturated rings. The van der Waals surface area contributed by atoms with Crippen molar-refractivity contribution in [2.24, 2.45) is 5.73 Å². The summed E-state index contributed by atoms with van der Waals surface area (Å²) < 4.78 is 16.9. The Hall–Kier alpha value is -2.20. The molecule has 0 saturated carbocycles. The lowest BCUT2D eigenvalue weighted by Crippen LogP contribution is -2.12. The summed E-state index contributed by atoms with van der Waals surface area (Å²) in [4.78, 5) is 0. The average Bonchev–Trinajstić information content (AvgIpc) is 2.60. The summed E-state index contributed by atoms with van der Waals surface area (Å²) in [6, 6.07) is 14.0. The second-order valence-corrected chi connectivity index (χ2v) is 5.18. The van der Waals surface area contributed by atoms with Crippen LogP contribution in [0.5, 0.6) is 17.2 Å². The van der Waals surface area contributed by atoms with E-state index in [0.29, 0.717) is 19.8 Å². The van der Waals surface area contributed by atoms with E-state index in [0.717, 1.165) is 35.7 Å². The number of benzene rings is 2. The molecule has 124 valence electrons. The second-order valence-electron chi connectivity index (χ2n) is 5.18. The Morgan fingerprint density at radius 2 is 1.70 bits per heavy atom. The van der Waals surface area contributed by atoms with Gasteiger partial charge in [0.15, 0.2) is 11.5 Å². The van der Waals surface area contributed by atoms with Crippen LogP contribution in [0.1, 0.15) is 18.1 Å². The first-order valence-electron chi connectivity index (χ1n) is 7.99. The van der Waals surface area contributed by atoms with Crippen molar-refractivity contribution in [3.05, 3.63) is 53.6 Å². The normalized spacial score (nSPS) is 10.4. The van der Waals surface area contributed by atoms with Gasteiger partial charge in [0, 0.05) is 0 Å². The van der Waals surface area contributed by atoms with Gasteiger partial charge >= 0.3 is 0 Å². The number of para-hydroxylation sites is 1. The minimum Gasteiger partial charge on any atom is -0.493 e. The molecule has 2 N–H and O–H groups in total. The van der Waals surface area contributed by atoms with Crippen molar-refractivity contribution >= 4 is 0 Å². The Morgan fingerprint density at radius 1 is 0.957 bits per heavy atom. The first-order valence-corrected chi connectivity index (χ1v) is 7.99. The predicted octanol–water partition coefficient (Wildman–Crippen LogP) is 3.22. The molecule has 0 amide bonds. The summed E-state index contributed by atoms with van der Waals surface area (Å²) in [5.41, 5.74) is 8.01. The maximum absolute atomic E-state index is 5.87. The van der Waals surface area contributed by atoms with Crippen LogP contribution >= 0.6 is 0 Å². The fourth-order valence-corrected chi connectivity index (χ4v) is 2.36. The molecule has 0 aliphatic rings. The quantitative estimate of drug-likeness (QED) is 0.722. The molecule has 0 bridgehead atoms. The first-order chi connectivity index (χ1) is 11.3. The van der Waals surface area contributed by atoms with Crippen LogP contribution in [0.15, 0.2) is 42.5 Å². The Balaban J connectivity index is 1.90. The van der Waals surface area contributed by atoms with Crippen molar-refractivity contribution < 1.29 is 14.2 Å². The van der Waals surface area contributed by atoms with Crippen LogP contribution in [0.4, 0.5) is 0 Å². The van der Waals surface area contributed by atoms with Gasteiger partial charge in [-0.15, -0.1) is 0 Å². The highest BCUT2D eigenvalue weighted by atomic mass is 16.5. The van der Waals surface area contributed by atoms with Crippen LogP contribution in [-0.2, 0) is 12.8 Å². The van der Waals surface area contributed by atoms with Crippen LogP contribution in [0.25, 0.3) is 0 Å². The zero-order valence-electron chi connectivity index (χ0n) is 13.9. The molecular formula is C19H25NO3. The van der Waals surface area contributed by atoms with Gasteiger partial charge in [-0.05, 0) is 48.7 Å². The molecule has 23 heavy (non-hydrogen) atoms. The maximum atomic E-state index is 5.87. The molecule has 0 saturated heterocycles. The SMILES string of the molecule is CCc1ccc(OCCOc2c(CCN)cccc2OC)cc1. The van der Waals surface area contributed by atoms with E-state index in [9.17, 15) is 0 Å². The molecule has 4 nitrogen and oxygen atoms in total. The number of ether oxygens (including phenoxy) is 3. The van der Waals surface area contributed by atoms with Gasteiger partial charge in [0.05, 0.1) is 7.11 Å². The fraction of sp³-hybridized carbons (Fsp3) is 0.368. The molecule has 0 spiro atoms. The zero-order chi connectivity index (χ0) is 16.5. The van der Waals surface area contributed by atoms with Crippen LogP contribution in [0.3, 0.4) is 0 Å². The summed E-state index contributed by atoms with van der Waals surface area (Å²) in [6.07, 6.45) is 1.78. The van der Waals surface area contributed by atoms with Crippen molar-refractivity contribution in [3.8, 4) is 17.2 Å². The Bertz CT molecular complexity index is 596. The van der Waals surface area contributed by atoms with Crippen LogP contribution in [-0.4, -0.2) is 26.9 Å². The Kier molecular flexibility index (Phi) is 6.76. The lowest BCUT2D eigenvalue weighted by molar-refractivity contribution is 0.210. The lowest BCUT2D eigenvalue weighted by atomic mass is 10.1. The summed E-state index contributed by atoms with van der Waals surface area (Å²) >= 11 is 0. The van der Waals surface area contributed by atoms with Gasteiger partial charge in [-0.25, -0.2) is 0 Å². The molecule has 0 aromatic heterocycles. The molecular weight excluding hydrogens is 290 g/mol. The van der Waals surface area contributed by atoms with E-state index in [1.807, 2.05) is 30.3 Å². The molecule has 0 radical (unpaired) electrons. The number of aryl methyl sites for hydroxylation is 1. The van der Waals surface area contributed by atoms with Gasteiger partial charge in [0.2, 0.25) is 0 Å². The monoisotopic (exact) mass is 315 g/mol. The van der Waals surface area contributed by atoms with E-state index in [1.165, 1.54) is 5.56 Å². The molecule has 2 aromatic carbocycles. The molecule has 0 heterocycles. The van der Waals surface area contributed by atoms with Crippen LogP contribution in [0, 0.1) is 0 Å². The van der Waals surface area contributed by atoms with Gasteiger partial charge in [0.25, 0.3) is 0 Å². The smallest absolute Gasteiger partial charge is 0.164 e. The van der Waals surface area contributed by atoms with E-state index >= 15 is 0 Å². The van der Waals surface area contributed by atoms with Gasteiger partial charge in [-0.3, -0.25) is 0 Å². The van der Waals surface area contributed by atoms with Crippen molar-refractivity contribution in [1.29, 1.82) is 0 Å². The highest BCUT2D eigenvalue weighted by Crippen LogP contribution is 2.31. The third kappa shape index (κ3) is 4.89. The highest BCUT2D eigenvalue weighted by Gasteiger charge is 2.10. The number of hydrogen-bond donors (Lipinski definition) is 1. The number of rotatable bonds is 9. The second kappa shape index (κ2) is 9.06. The van der Waals surface area contributed by atoms with Crippen molar-refractivity contribution in [1.82, 2.24) is 0 Å². The number of hydrogen-bond acceptors (Lipinski definition) is 4. The first kappa shape index (κ1) is 17.2. The molecule has 0 aliphatic heterocycles. The number of methoxy groups -OCH3 is 1. The minimum absolute atomic E-state index is 0.452. The predicted molar refractivity (Wildman–Crippen MR) is 92.6 cm³/mol. The Labute approximate surface area is 138 Å². The number of nitrogens with two attached hydrogens (primary N) is 1. The molecule has 0 atom stereocenters. The van der Waals surface area contributed by atoms with Crippen LogP contribution in [0.2, 0.25) is 0 Å². The highest BCUT2D eigenvalue weighted by molar-refractivity contribution is 5.46. The fourth-order valence-electron chi connectivity index (χ4n) is 2.36. The summed E-state index contributed by atoms with van der Waals surface area (Å²) in [7, 11) is 1.64. The molecule has 0 unspecified atom stereocenters. The van der Waals surface area contributed by atoms with E-state index in [4.69, 9.17) is 19.9 Å². The molecule has 2 aromatic rings. The summed E-state index contributed by atoms with van der Waals surface area (Å²) in [5, 5.41) is 0. The minimum atomic E-state index is 0.452. The standard InChI is InChI=1S/C19H25NO3/c1-3-15-7-9-17(10-8-15)22-13-14-23-19-16(11-12-20)5-4-6-18(19)21-2/h4-10H,3,11-14,20H2,1-2H3. The van der Waals surface area contributed by atoms with E-state index in [-0.39, 0.29) is 0 Å². The topological polar surface area (TPSA) is 53.7 Å². The Morgan fingerprint density at radius 3 is 2.35 bits per heavy atom. The third-order valence-corrected chi connectivity index (χ3v) is 3.62. The van der Waals surface area contributed by atoms with E-state index in [2.05, 4.69) is 19.1 Å². The van der Waals surface area contributed by atoms with E-state index < -0.39 is 0 Å². The van der Waals surface area contributed by atoms with Crippen molar-refractivity contribution in [2.45, 2.75) is 19.8 Å². The largest absolute Gasteiger partial charge is 0.493 e. The summed E-state index contributed by atoms with van der Waals surface area (Å²) in [6.45, 7) is 3.64. The van der Waals surface area contributed by atoms with Crippen LogP contribution < -0.4 is 19.9 Å². The molecule has 4 heteroatoms. The molecule has 0 aliphatic carbocycles. The van der Waals surface area contributed by atoms with Gasteiger partial charge in [-0.1, -0.05) is 31.2 Å². The van der Waals surface area contributed by atoms with Gasteiger partial charge in [0.1, 0.15) is 19.0 Å². The van der Waals surface area contributed by atoms with Gasteiger partial charge < -0.3 is 19.9 Å². The van der Waals surface area contributed by atoms with Gasteiger partial charge in [-0.2, -0.15) is 0 Å². The average molecular weight is 315 g/mol. The molecule has 2 rings (SSSR count). The lowest BCUT2D eigenvalue weighted by Gasteiger charge is -2.15. The summed E-state index contributed by atoms with van der Waals surface area (Å²) in [5.74, 6) is 2.33. The third-order valence-electron chi connectivity index (χ3n) is 3.62. The zero-order valence-corrected chi connectivity index (χ0v) is 13.9. The van der Waals surface area contributed by atoms with E-state index in [1.54, 1.807) is 7.11 Å². The van der Waals surface area contributed by atoms with Crippen molar-refractivity contribution in [3.63, 3.8) is 0 Å².